The first-order valence-electron chi connectivity index (χ1n) is 10.5. The molecule has 0 unspecified atom stereocenters. The van der Waals surface area contributed by atoms with Gasteiger partial charge in [0.2, 0.25) is 5.91 Å². The van der Waals surface area contributed by atoms with Crippen LogP contribution in [0.15, 0.2) is 30.5 Å². The molecule has 8 nitrogen and oxygen atoms in total. The summed E-state index contributed by atoms with van der Waals surface area (Å²) in [4.78, 5) is 32.3. The highest BCUT2D eigenvalue weighted by atomic mass is 35.5. The van der Waals surface area contributed by atoms with Crippen LogP contribution in [-0.4, -0.2) is 58.5 Å². The zero-order chi connectivity index (χ0) is 22.4. The molecular formula is C22H30ClN5O3. The number of carbonyl (C=O) groups excluding carboxylic acids is 2. The maximum atomic E-state index is 13.0. The van der Waals surface area contributed by atoms with E-state index in [4.69, 9.17) is 16.3 Å². The van der Waals surface area contributed by atoms with Crippen molar-refractivity contribution < 1.29 is 14.3 Å². The molecular weight excluding hydrogens is 418 g/mol. The third kappa shape index (κ3) is 6.29. The number of nitrogens with one attached hydrogen (secondary N) is 2. The van der Waals surface area contributed by atoms with Crippen LogP contribution >= 0.6 is 11.6 Å². The van der Waals surface area contributed by atoms with Gasteiger partial charge in [-0.05, 0) is 51.0 Å². The molecule has 2 amide bonds. The molecule has 0 bridgehead atoms. The molecule has 3 rings (SSSR count). The van der Waals surface area contributed by atoms with Crippen LogP contribution in [0.3, 0.4) is 0 Å². The molecule has 2 aromatic rings. The number of piperidine rings is 1. The highest BCUT2D eigenvalue weighted by molar-refractivity contribution is 6.30. The number of rotatable bonds is 8. The minimum absolute atomic E-state index is 0.0458. The molecule has 2 heterocycles. The second-order valence-corrected chi connectivity index (χ2v) is 8.45. The number of imidazole rings is 1. The number of methoxy groups -OCH3 is 1. The van der Waals surface area contributed by atoms with E-state index in [1.807, 2.05) is 0 Å². The molecule has 31 heavy (non-hydrogen) atoms. The molecule has 0 spiro atoms. The van der Waals surface area contributed by atoms with Gasteiger partial charge in [0.25, 0.3) is 5.91 Å². The molecule has 9 heteroatoms. The normalized spacial score (nSPS) is 15.3. The average Bonchev–Trinajstić information content (AvgIpc) is 3.12. The van der Waals surface area contributed by atoms with E-state index in [1.165, 1.54) is 6.20 Å². The van der Waals surface area contributed by atoms with Gasteiger partial charge < -0.3 is 24.8 Å². The largest absolute Gasteiger partial charge is 0.377 e. The van der Waals surface area contributed by atoms with Gasteiger partial charge in [0, 0.05) is 43.0 Å². The Balaban J connectivity index is 1.67. The van der Waals surface area contributed by atoms with Crippen LogP contribution in [-0.2, 0) is 22.7 Å². The average molecular weight is 448 g/mol. The number of hydrogen-bond acceptors (Lipinski definition) is 5. The lowest BCUT2D eigenvalue weighted by molar-refractivity contribution is -0.116. The maximum absolute atomic E-state index is 13.0. The van der Waals surface area contributed by atoms with Gasteiger partial charge in [0.15, 0.2) is 0 Å². The van der Waals surface area contributed by atoms with Gasteiger partial charge in [-0.3, -0.25) is 9.59 Å². The predicted octanol–water partition coefficient (Wildman–Crippen LogP) is 2.92. The number of ether oxygens (including phenoxy) is 1. The number of aromatic nitrogens is 2. The highest BCUT2D eigenvalue weighted by Gasteiger charge is 2.25. The first-order valence-corrected chi connectivity index (χ1v) is 10.9. The van der Waals surface area contributed by atoms with Crippen molar-refractivity contribution in [3.8, 4) is 0 Å². The van der Waals surface area contributed by atoms with Crippen LogP contribution < -0.4 is 10.6 Å². The van der Waals surface area contributed by atoms with Crippen LogP contribution in [0.5, 0.6) is 0 Å². The van der Waals surface area contributed by atoms with E-state index in [9.17, 15) is 9.59 Å². The Kier molecular flexibility index (Phi) is 8.06. The van der Waals surface area contributed by atoms with Crippen LogP contribution in [0.4, 0.5) is 5.69 Å². The Bertz CT molecular complexity index is 889. The van der Waals surface area contributed by atoms with Crippen molar-refractivity contribution in [2.75, 3.05) is 25.5 Å². The molecule has 1 saturated heterocycles. The van der Waals surface area contributed by atoms with Gasteiger partial charge in [0.05, 0.1) is 6.20 Å². The van der Waals surface area contributed by atoms with Crippen LogP contribution in [0.2, 0.25) is 5.02 Å². The first-order chi connectivity index (χ1) is 14.9. The Labute approximate surface area is 187 Å². The summed E-state index contributed by atoms with van der Waals surface area (Å²) >= 11 is 5.89. The van der Waals surface area contributed by atoms with Gasteiger partial charge >= 0.3 is 0 Å². The van der Waals surface area contributed by atoms with Gasteiger partial charge in [-0.25, -0.2) is 4.98 Å². The Morgan fingerprint density at radius 1 is 1.23 bits per heavy atom. The topological polar surface area (TPSA) is 88.5 Å². The molecule has 0 aliphatic carbocycles. The second kappa shape index (κ2) is 10.7. The van der Waals surface area contributed by atoms with Crippen molar-refractivity contribution in [1.82, 2.24) is 19.8 Å². The number of hydrogen-bond donors (Lipinski definition) is 2. The minimum atomic E-state index is -0.267. The Hall–Kier alpha value is -2.42. The van der Waals surface area contributed by atoms with Crippen molar-refractivity contribution >= 4 is 29.1 Å². The first kappa shape index (κ1) is 23.2. The number of carbonyl (C=O) groups is 2. The molecule has 1 aromatic carbocycles. The van der Waals surface area contributed by atoms with Crippen molar-refractivity contribution in [1.29, 1.82) is 0 Å². The van der Waals surface area contributed by atoms with Crippen molar-refractivity contribution in [2.45, 2.75) is 51.9 Å². The maximum Gasteiger partial charge on any atom is 0.269 e. The summed E-state index contributed by atoms with van der Waals surface area (Å²) in [5, 5.41) is 6.51. The van der Waals surface area contributed by atoms with Crippen LogP contribution in [0.1, 0.15) is 43.0 Å². The van der Waals surface area contributed by atoms with E-state index in [1.54, 1.807) is 35.9 Å². The molecule has 1 fully saturated rings. The lowest BCUT2D eigenvalue weighted by Gasteiger charge is -2.34. The minimum Gasteiger partial charge on any atom is -0.377 e. The second-order valence-electron chi connectivity index (χ2n) is 8.01. The van der Waals surface area contributed by atoms with Crippen molar-refractivity contribution in [3.05, 3.63) is 47.0 Å². The number of likely N-dealkylation sites (tertiary alicyclic amines) is 1. The lowest BCUT2D eigenvalue weighted by Crippen LogP contribution is -2.47. The van der Waals surface area contributed by atoms with E-state index in [0.29, 0.717) is 28.3 Å². The fourth-order valence-corrected chi connectivity index (χ4v) is 3.84. The third-order valence-electron chi connectivity index (χ3n) is 5.47. The molecule has 0 saturated carbocycles. The third-order valence-corrected chi connectivity index (χ3v) is 5.72. The summed E-state index contributed by atoms with van der Waals surface area (Å²) in [6.07, 6.45) is 3.31. The van der Waals surface area contributed by atoms with Crippen LogP contribution in [0.25, 0.3) is 0 Å². The molecule has 168 valence electrons. The molecule has 2 N–H and O–H groups in total. The molecule has 1 aliphatic heterocycles. The Morgan fingerprint density at radius 3 is 2.52 bits per heavy atom. The van der Waals surface area contributed by atoms with Gasteiger partial charge in [-0.2, -0.15) is 0 Å². The lowest BCUT2D eigenvalue weighted by atomic mass is 10.0. The van der Waals surface area contributed by atoms with Crippen LogP contribution in [0, 0.1) is 0 Å². The number of halogens is 1. The summed E-state index contributed by atoms with van der Waals surface area (Å²) in [6.45, 7) is 6.44. The fraction of sp³-hybridized carbons (Fsp3) is 0.500. The van der Waals surface area contributed by atoms with E-state index in [-0.39, 0.29) is 31.0 Å². The standard InChI is InChI=1S/C22H30ClN5O3/c1-15(2)27-10-8-18(9-11-27)26-22(30)19-12-24-20(14-31-3)28(19)13-21(29)25-17-6-4-16(23)5-7-17/h4-7,12,15,18H,8-11,13-14H2,1-3H3,(H,25,29)(H,26,30). The van der Waals surface area contributed by atoms with Gasteiger partial charge in [-0.1, -0.05) is 11.6 Å². The predicted molar refractivity (Wildman–Crippen MR) is 120 cm³/mol. The summed E-state index contributed by atoms with van der Waals surface area (Å²) in [5.74, 6) is 0.0302. The smallest absolute Gasteiger partial charge is 0.269 e. The molecule has 0 atom stereocenters. The molecule has 0 radical (unpaired) electrons. The van der Waals surface area contributed by atoms with Gasteiger partial charge in [0.1, 0.15) is 24.7 Å². The van der Waals surface area contributed by atoms with E-state index >= 15 is 0 Å². The quantitative estimate of drug-likeness (QED) is 0.649. The van der Waals surface area contributed by atoms with Gasteiger partial charge in [-0.15, -0.1) is 0 Å². The Morgan fingerprint density at radius 2 is 1.90 bits per heavy atom. The number of amides is 2. The van der Waals surface area contributed by atoms with E-state index < -0.39 is 0 Å². The fourth-order valence-electron chi connectivity index (χ4n) is 3.71. The monoisotopic (exact) mass is 447 g/mol. The number of nitrogens with zero attached hydrogens (tertiary/aromatic N) is 3. The van der Waals surface area contributed by atoms with Crippen molar-refractivity contribution in [3.63, 3.8) is 0 Å². The number of benzene rings is 1. The zero-order valence-electron chi connectivity index (χ0n) is 18.2. The summed E-state index contributed by atoms with van der Waals surface area (Å²) in [7, 11) is 1.55. The zero-order valence-corrected chi connectivity index (χ0v) is 19.0. The SMILES string of the molecule is COCc1ncc(C(=O)NC2CCN(C(C)C)CC2)n1CC(=O)Nc1ccc(Cl)cc1. The molecule has 1 aliphatic rings. The summed E-state index contributed by atoms with van der Waals surface area (Å²) in [6, 6.07) is 7.47. The highest BCUT2D eigenvalue weighted by Crippen LogP contribution is 2.16. The molecule has 1 aromatic heterocycles. The van der Waals surface area contributed by atoms with Crippen molar-refractivity contribution in [2.24, 2.45) is 0 Å². The number of anilines is 1. The van der Waals surface area contributed by atoms with E-state index in [0.717, 1.165) is 25.9 Å². The van der Waals surface area contributed by atoms with E-state index in [2.05, 4.69) is 34.4 Å². The summed E-state index contributed by atoms with van der Waals surface area (Å²) in [5.41, 5.74) is 0.982. The summed E-state index contributed by atoms with van der Waals surface area (Å²) < 4.78 is 6.80.